The molecule has 0 saturated carbocycles. The molecule has 0 radical (unpaired) electrons. The second-order valence-corrected chi connectivity index (χ2v) is 8.76. The third-order valence-corrected chi connectivity index (χ3v) is 6.61. The van der Waals surface area contributed by atoms with Crippen molar-refractivity contribution in [3.8, 4) is 0 Å². The van der Waals surface area contributed by atoms with Gasteiger partial charge < -0.3 is 11.1 Å². The van der Waals surface area contributed by atoms with Crippen LogP contribution >= 0.6 is 0 Å². The predicted molar refractivity (Wildman–Crippen MR) is 98.5 cm³/mol. The smallest absolute Gasteiger partial charge is 0.254 e. The van der Waals surface area contributed by atoms with Crippen molar-refractivity contribution in [2.45, 2.75) is 25.3 Å². The topological polar surface area (TPSA) is 110 Å². The zero-order valence-electron chi connectivity index (χ0n) is 14.9. The number of nitrogens with one attached hydrogen (secondary N) is 1. The molecule has 0 spiro atoms. The standard InChI is InChI=1S/C17H19F2N5O3S/c18-9-28(26,27)23-6-4-12-15(8-23)24(22-16(12)20)17(25)11-3-5-21-14-2-1-10(19)7-13(11)14/h1-2,7,11,21H,3-6,8-9H2,(H2,20,22). The largest absolute Gasteiger partial charge is 0.385 e. The molecule has 0 bridgehead atoms. The van der Waals surface area contributed by atoms with Crippen LogP contribution < -0.4 is 11.1 Å². The molecule has 3 heterocycles. The van der Waals surface area contributed by atoms with Crippen LogP contribution in [0.2, 0.25) is 0 Å². The lowest BCUT2D eigenvalue weighted by atomic mass is 9.90. The van der Waals surface area contributed by atoms with Gasteiger partial charge in [-0.05, 0) is 36.6 Å². The number of hydrogen-bond acceptors (Lipinski definition) is 6. The van der Waals surface area contributed by atoms with Crippen molar-refractivity contribution in [3.63, 3.8) is 0 Å². The fraction of sp³-hybridized carbons (Fsp3) is 0.412. The highest BCUT2D eigenvalue weighted by atomic mass is 32.2. The number of nitrogen functional groups attached to an aromatic ring is 1. The van der Waals surface area contributed by atoms with Gasteiger partial charge in [0, 0.05) is 24.3 Å². The molecular weight excluding hydrogens is 392 g/mol. The Bertz CT molecular complexity index is 1050. The number of nitrogens with zero attached hydrogens (tertiary/aromatic N) is 3. The minimum atomic E-state index is -4.06. The van der Waals surface area contributed by atoms with Gasteiger partial charge in [-0.2, -0.15) is 4.31 Å². The average molecular weight is 411 g/mol. The van der Waals surface area contributed by atoms with Gasteiger partial charge in [0.25, 0.3) is 5.91 Å². The van der Waals surface area contributed by atoms with E-state index < -0.39 is 33.7 Å². The fourth-order valence-electron chi connectivity index (χ4n) is 3.80. The summed E-state index contributed by atoms with van der Waals surface area (Å²) in [5.41, 5.74) is 8.05. The molecule has 28 heavy (non-hydrogen) atoms. The van der Waals surface area contributed by atoms with Crippen LogP contribution in [0, 0.1) is 5.82 Å². The maximum absolute atomic E-state index is 13.7. The Morgan fingerprint density at radius 1 is 1.39 bits per heavy atom. The van der Waals surface area contributed by atoms with Gasteiger partial charge in [0.15, 0.2) is 0 Å². The minimum absolute atomic E-state index is 0.0741. The first kappa shape index (κ1) is 18.8. The van der Waals surface area contributed by atoms with Crippen molar-refractivity contribution < 1.29 is 22.0 Å². The zero-order valence-corrected chi connectivity index (χ0v) is 15.7. The lowest BCUT2D eigenvalue weighted by Crippen LogP contribution is -2.38. The number of rotatable bonds is 3. The molecule has 4 rings (SSSR count). The normalized spacial score (nSPS) is 19.6. The molecule has 0 amide bonds. The van der Waals surface area contributed by atoms with Crippen LogP contribution in [0.25, 0.3) is 0 Å². The van der Waals surface area contributed by atoms with Gasteiger partial charge in [-0.1, -0.05) is 0 Å². The molecule has 2 aromatic rings. The molecule has 150 valence electrons. The van der Waals surface area contributed by atoms with E-state index in [0.717, 1.165) is 8.99 Å². The molecular formula is C17H19F2N5O3S. The first-order valence-electron chi connectivity index (χ1n) is 8.79. The Labute approximate surface area is 160 Å². The van der Waals surface area contributed by atoms with Gasteiger partial charge in [-0.3, -0.25) is 4.79 Å². The van der Waals surface area contributed by atoms with Crippen LogP contribution in [0.4, 0.5) is 20.3 Å². The third kappa shape index (κ3) is 3.04. The van der Waals surface area contributed by atoms with Crippen molar-refractivity contribution >= 4 is 27.4 Å². The second-order valence-electron chi connectivity index (χ2n) is 6.86. The van der Waals surface area contributed by atoms with Gasteiger partial charge in [0.1, 0.15) is 11.6 Å². The summed E-state index contributed by atoms with van der Waals surface area (Å²) >= 11 is 0. The van der Waals surface area contributed by atoms with Gasteiger partial charge in [0.05, 0.1) is 18.2 Å². The van der Waals surface area contributed by atoms with Crippen LogP contribution in [0.3, 0.4) is 0 Å². The van der Waals surface area contributed by atoms with Crippen molar-refractivity contribution in [3.05, 3.63) is 40.8 Å². The first-order valence-corrected chi connectivity index (χ1v) is 10.4. The molecule has 0 aliphatic carbocycles. The lowest BCUT2D eigenvalue weighted by Gasteiger charge is -2.28. The van der Waals surface area contributed by atoms with Gasteiger partial charge >= 0.3 is 0 Å². The number of halogens is 2. The number of nitrogens with two attached hydrogens (primary N) is 1. The first-order chi connectivity index (χ1) is 13.3. The number of fused-ring (bicyclic) bond motifs is 2. The van der Waals surface area contributed by atoms with Gasteiger partial charge in [0.2, 0.25) is 16.0 Å². The Morgan fingerprint density at radius 2 is 2.18 bits per heavy atom. The number of carbonyl (C=O) groups excluding carboxylic acids is 1. The number of sulfonamides is 1. The Hall–Kier alpha value is -2.53. The molecule has 0 saturated heterocycles. The van der Waals surface area contributed by atoms with Crippen LogP contribution in [0.1, 0.15) is 34.0 Å². The molecule has 0 fully saturated rings. The van der Waals surface area contributed by atoms with E-state index in [1.54, 1.807) is 6.07 Å². The predicted octanol–water partition coefficient (Wildman–Crippen LogP) is 1.46. The Morgan fingerprint density at radius 3 is 2.93 bits per heavy atom. The van der Waals surface area contributed by atoms with E-state index in [0.29, 0.717) is 35.5 Å². The van der Waals surface area contributed by atoms with Crippen LogP contribution in [-0.4, -0.2) is 47.5 Å². The van der Waals surface area contributed by atoms with E-state index in [1.165, 1.54) is 12.1 Å². The van der Waals surface area contributed by atoms with Gasteiger partial charge in [-0.25, -0.2) is 21.9 Å². The number of aromatic nitrogens is 2. The van der Waals surface area contributed by atoms with Crippen LogP contribution in [0.5, 0.6) is 0 Å². The van der Waals surface area contributed by atoms with Gasteiger partial charge in [-0.15, -0.1) is 5.10 Å². The Balaban J connectivity index is 1.73. The van der Waals surface area contributed by atoms with E-state index in [9.17, 15) is 22.0 Å². The summed E-state index contributed by atoms with van der Waals surface area (Å²) in [5.74, 6) is -1.37. The molecule has 8 nitrogen and oxygen atoms in total. The maximum Gasteiger partial charge on any atom is 0.254 e. The van der Waals surface area contributed by atoms with E-state index >= 15 is 0 Å². The molecule has 3 N–H and O–H groups in total. The lowest BCUT2D eigenvalue weighted by molar-refractivity contribution is 0.0850. The van der Waals surface area contributed by atoms with Crippen molar-refractivity contribution in [2.75, 3.05) is 30.1 Å². The highest BCUT2D eigenvalue weighted by Gasteiger charge is 2.35. The molecule has 1 atom stereocenters. The van der Waals surface area contributed by atoms with E-state index in [-0.39, 0.29) is 25.3 Å². The zero-order chi connectivity index (χ0) is 20.1. The molecule has 2 aliphatic rings. The highest BCUT2D eigenvalue weighted by Crippen LogP contribution is 2.35. The SMILES string of the molecule is Nc1nn(C(=O)C2CCNc3ccc(F)cc32)c2c1CCN(S(=O)(=O)CF)C2. The van der Waals surface area contributed by atoms with E-state index in [2.05, 4.69) is 10.4 Å². The summed E-state index contributed by atoms with van der Waals surface area (Å²) in [4.78, 5) is 13.2. The number of hydrogen-bond donors (Lipinski definition) is 2. The van der Waals surface area contributed by atoms with Crippen LogP contribution in [-0.2, 0) is 23.0 Å². The summed E-state index contributed by atoms with van der Waals surface area (Å²) in [6.07, 6.45) is 0.668. The third-order valence-electron chi connectivity index (χ3n) is 5.23. The fourth-order valence-corrected chi connectivity index (χ4v) is 4.63. The highest BCUT2D eigenvalue weighted by molar-refractivity contribution is 7.88. The Kier molecular flexibility index (Phi) is 4.58. The molecule has 1 aromatic heterocycles. The monoisotopic (exact) mass is 411 g/mol. The average Bonchev–Trinajstić information content (AvgIpc) is 3.03. The number of alkyl halides is 1. The molecule has 2 aliphatic heterocycles. The summed E-state index contributed by atoms with van der Waals surface area (Å²) in [7, 11) is -4.06. The van der Waals surface area contributed by atoms with Crippen LogP contribution in [0.15, 0.2) is 18.2 Å². The molecule has 1 aromatic carbocycles. The van der Waals surface area contributed by atoms with Crippen molar-refractivity contribution in [2.24, 2.45) is 0 Å². The molecule has 11 heteroatoms. The number of benzene rings is 1. The van der Waals surface area contributed by atoms with Crippen molar-refractivity contribution in [1.82, 2.24) is 14.1 Å². The van der Waals surface area contributed by atoms with E-state index in [1.807, 2.05) is 0 Å². The number of anilines is 2. The molecule has 1 unspecified atom stereocenters. The number of carbonyl (C=O) groups is 1. The quantitative estimate of drug-likeness (QED) is 0.791. The summed E-state index contributed by atoms with van der Waals surface area (Å²) in [6.45, 7) is 0.416. The summed E-state index contributed by atoms with van der Waals surface area (Å²) in [5, 5.41) is 7.25. The summed E-state index contributed by atoms with van der Waals surface area (Å²) in [6, 6.07) is 2.68. The van der Waals surface area contributed by atoms with E-state index in [4.69, 9.17) is 5.73 Å². The maximum atomic E-state index is 13.7. The van der Waals surface area contributed by atoms with Crippen molar-refractivity contribution in [1.29, 1.82) is 0 Å². The minimum Gasteiger partial charge on any atom is -0.385 e. The second kappa shape index (κ2) is 6.82. The summed E-state index contributed by atoms with van der Waals surface area (Å²) < 4.78 is 52.6.